The molecule has 5 heteroatoms. The molecule has 2 unspecified atom stereocenters. The van der Waals surface area contributed by atoms with E-state index in [0.29, 0.717) is 6.54 Å². The first-order chi connectivity index (χ1) is 6.24. The van der Waals surface area contributed by atoms with E-state index in [1.54, 1.807) is 6.92 Å². The molecule has 1 heterocycles. The lowest BCUT2D eigenvalue weighted by Crippen LogP contribution is -2.46. The molecule has 0 saturated carbocycles. The van der Waals surface area contributed by atoms with Crippen LogP contribution in [0.25, 0.3) is 0 Å². The Labute approximate surface area is 78.0 Å². The number of nitrogens with one attached hydrogen (secondary N) is 2. The minimum absolute atomic E-state index is 0.196. The lowest BCUT2D eigenvalue weighted by Gasteiger charge is -2.15. The van der Waals surface area contributed by atoms with Crippen molar-refractivity contribution in [2.45, 2.75) is 31.9 Å². The van der Waals surface area contributed by atoms with Crippen LogP contribution in [0.4, 0.5) is 0 Å². The molecule has 1 rings (SSSR count). The summed E-state index contributed by atoms with van der Waals surface area (Å²) in [5.74, 6) is 4.79. The smallest absolute Gasteiger partial charge is 0.250 e. The lowest BCUT2D eigenvalue weighted by atomic mass is 10.2. The van der Waals surface area contributed by atoms with Gasteiger partial charge in [0.1, 0.15) is 0 Å². The Kier molecular flexibility index (Phi) is 4.14. The van der Waals surface area contributed by atoms with E-state index in [2.05, 4.69) is 10.7 Å². The van der Waals surface area contributed by atoms with E-state index in [1.165, 1.54) is 0 Å². The van der Waals surface area contributed by atoms with Crippen molar-refractivity contribution in [3.8, 4) is 0 Å². The van der Waals surface area contributed by atoms with Crippen LogP contribution >= 0.6 is 0 Å². The largest absolute Gasteiger partial charge is 0.377 e. The first-order valence-electron chi connectivity index (χ1n) is 4.59. The standard InChI is InChI=1S/C8H17N3O2/c1-6(8(12)11-9)10-5-7-3-2-4-13-7/h6-7,10H,2-5,9H2,1H3,(H,11,12). The Morgan fingerprint density at radius 1 is 1.77 bits per heavy atom. The molecule has 0 spiro atoms. The van der Waals surface area contributed by atoms with Gasteiger partial charge in [-0.25, -0.2) is 5.84 Å². The minimum Gasteiger partial charge on any atom is -0.377 e. The van der Waals surface area contributed by atoms with Crippen LogP contribution in [0, 0.1) is 0 Å². The number of rotatable bonds is 4. The number of carbonyl (C=O) groups excluding carboxylic acids is 1. The lowest BCUT2D eigenvalue weighted by molar-refractivity contribution is -0.122. The highest BCUT2D eigenvalue weighted by Crippen LogP contribution is 2.10. The molecule has 0 aliphatic carbocycles. The predicted octanol–water partition coefficient (Wildman–Crippen LogP) is -0.867. The van der Waals surface area contributed by atoms with E-state index >= 15 is 0 Å². The summed E-state index contributed by atoms with van der Waals surface area (Å²) in [5.41, 5.74) is 2.10. The van der Waals surface area contributed by atoms with Gasteiger partial charge in [0, 0.05) is 13.2 Å². The molecule has 0 aromatic carbocycles. The summed E-state index contributed by atoms with van der Waals surface area (Å²) in [6, 6.07) is -0.255. The summed E-state index contributed by atoms with van der Waals surface area (Å²) in [6.45, 7) is 3.33. The molecule has 0 radical (unpaired) electrons. The van der Waals surface area contributed by atoms with Gasteiger partial charge in [-0.3, -0.25) is 10.2 Å². The summed E-state index contributed by atoms with van der Waals surface area (Å²) >= 11 is 0. The van der Waals surface area contributed by atoms with Crippen LogP contribution in [0.1, 0.15) is 19.8 Å². The monoisotopic (exact) mass is 187 g/mol. The fourth-order valence-corrected chi connectivity index (χ4v) is 1.33. The van der Waals surface area contributed by atoms with Crippen molar-refractivity contribution < 1.29 is 9.53 Å². The number of hydrogen-bond acceptors (Lipinski definition) is 4. The second-order valence-corrected chi connectivity index (χ2v) is 3.27. The molecule has 0 aromatic rings. The highest BCUT2D eigenvalue weighted by Gasteiger charge is 2.17. The van der Waals surface area contributed by atoms with E-state index in [9.17, 15) is 4.79 Å². The number of hydrazine groups is 1. The maximum atomic E-state index is 11.0. The Morgan fingerprint density at radius 3 is 3.08 bits per heavy atom. The van der Waals surface area contributed by atoms with E-state index in [1.807, 2.05) is 0 Å². The maximum Gasteiger partial charge on any atom is 0.250 e. The van der Waals surface area contributed by atoms with Gasteiger partial charge >= 0.3 is 0 Å². The third kappa shape index (κ3) is 3.30. The van der Waals surface area contributed by atoms with Gasteiger partial charge in [-0.05, 0) is 19.8 Å². The summed E-state index contributed by atoms with van der Waals surface area (Å²) in [4.78, 5) is 11.0. The molecule has 1 aliphatic rings. The molecule has 5 nitrogen and oxygen atoms in total. The van der Waals surface area contributed by atoms with Crippen molar-refractivity contribution in [2.75, 3.05) is 13.2 Å². The predicted molar refractivity (Wildman–Crippen MR) is 48.8 cm³/mol. The Morgan fingerprint density at radius 2 is 2.54 bits per heavy atom. The molecule has 4 N–H and O–H groups in total. The van der Waals surface area contributed by atoms with Gasteiger partial charge in [-0.2, -0.15) is 0 Å². The number of carbonyl (C=O) groups is 1. The zero-order valence-electron chi connectivity index (χ0n) is 7.88. The van der Waals surface area contributed by atoms with Gasteiger partial charge in [0.05, 0.1) is 12.1 Å². The third-order valence-electron chi connectivity index (χ3n) is 2.21. The van der Waals surface area contributed by atoms with Gasteiger partial charge in [0.15, 0.2) is 0 Å². The van der Waals surface area contributed by atoms with Crippen molar-refractivity contribution in [2.24, 2.45) is 5.84 Å². The molecule has 0 aromatic heterocycles. The first kappa shape index (κ1) is 10.4. The van der Waals surface area contributed by atoms with Crippen LogP contribution in [0.15, 0.2) is 0 Å². The van der Waals surface area contributed by atoms with E-state index < -0.39 is 0 Å². The zero-order valence-corrected chi connectivity index (χ0v) is 7.88. The average Bonchev–Trinajstić information content (AvgIpc) is 2.65. The number of amides is 1. The van der Waals surface area contributed by atoms with Gasteiger partial charge < -0.3 is 10.1 Å². The van der Waals surface area contributed by atoms with Crippen LogP contribution in [0.5, 0.6) is 0 Å². The third-order valence-corrected chi connectivity index (χ3v) is 2.21. The molecule has 1 aliphatic heterocycles. The minimum atomic E-state index is -0.255. The molecule has 1 amide bonds. The van der Waals surface area contributed by atoms with Crippen molar-refractivity contribution in [3.63, 3.8) is 0 Å². The fraction of sp³-hybridized carbons (Fsp3) is 0.875. The van der Waals surface area contributed by atoms with Gasteiger partial charge in [-0.15, -0.1) is 0 Å². The fourth-order valence-electron chi connectivity index (χ4n) is 1.33. The van der Waals surface area contributed by atoms with Crippen molar-refractivity contribution in [3.05, 3.63) is 0 Å². The summed E-state index contributed by atoms with van der Waals surface area (Å²) in [7, 11) is 0. The van der Waals surface area contributed by atoms with Crippen LogP contribution in [0.2, 0.25) is 0 Å². The second kappa shape index (κ2) is 5.16. The van der Waals surface area contributed by atoms with E-state index in [0.717, 1.165) is 19.4 Å². The summed E-state index contributed by atoms with van der Waals surface area (Å²) in [5, 5.41) is 3.06. The molecule has 76 valence electrons. The van der Waals surface area contributed by atoms with Crippen LogP contribution < -0.4 is 16.6 Å². The van der Waals surface area contributed by atoms with Gasteiger partial charge in [0.2, 0.25) is 0 Å². The highest BCUT2D eigenvalue weighted by atomic mass is 16.5. The van der Waals surface area contributed by atoms with Crippen molar-refractivity contribution >= 4 is 5.91 Å². The Hall–Kier alpha value is -0.650. The zero-order chi connectivity index (χ0) is 9.68. The quantitative estimate of drug-likeness (QED) is 0.304. The molecule has 13 heavy (non-hydrogen) atoms. The average molecular weight is 187 g/mol. The van der Waals surface area contributed by atoms with Crippen LogP contribution in [-0.4, -0.2) is 31.2 Å². The summed E-state index contributed by atoms with van der Waals surface area (Å²) < 4.78 is 5.39. The second-order valence-electron chi connectivity index (χ2n) is 3.27. The van der Waals surface area contributed by atoms with Crippen LogP contribution in [-0.2, 0) is 9.53 Å². The normalized spacial score (nSPS) is 24.3. The molecule has 2 atom stereocenters. The highest BCUT2D eigenvalue weighted by molar-refractivity contribution is 5.80. The van der Waals surface area contributed by atoms with Crippen molar-refractivity contribution in [1.29, 1.82) is 0 Å². The molecule has 0 bridgehead atoms. The SMILES string of the molecule is CC(NCC1CCCO1)C(=O)NN. The molecular weight excluding hydrogens is 170 g/mol. The first-order valence-corrected chi connectivity index (χ1v) is 4.59. The number of ether oxygens (including phenoxy) is 1. The van der Waals surface area contributed by atoms with E-state index in [4.69, 9.17) is 10.6 Å². The number of nitrogens with two attached hydrogens (primary N) is 1. The molecule has 1 fully saturated rings. The molecular formula is C8H17N3O2. The maximum absolute atomic E-state index is 11.0. The Balaban J connectivity index is 2.13. The van der Waals surface area contributed by atoms with Crippen LogP contribution in [0.3, 0.4) is 0 Å². The topological polar surface area (TPSA) is 76.4 Å². The number of hydrogen-bond donors (Lipinski definition) is 3. The Bertz CT molecular complexity index is 169. The van der Waals surface area contributed by atoms with Gasteiger partial charge in [0.25, 0.3) is 5.91 Å². The summed E-state index contributed by atoms with van der Waals surface area (Å²) in [6.07, 6.45) is 2.45. The van der Waals surface area contributed by atoms with Crippen molar-refractivity contribution in [1.82, 2.24) is 10.7 Å². The van der Waals surface area contributed by atoms with Gasteiger partial charge in [-0.1, -0.05) is 0 Å². The van der Waals surface area contributed by atoms with E-state index in [-0.39, 0.29) is 18.1 Å². The molecule has 1 saturated heterocycles.